The van der Waals surface area contributed by atoms with Gasteiger partial charge in [0.05, 0.1) is 22.4 Å². The molecule has 0 fully saturated rings. The van der Waals surface area contributed by atoms with Crippen molar-refractivity contribution in [3.05, 3.63) is 54.6 Å². The molecule has 1 aromatic carbocycles. The number of hydrogen-bond donors (Lipinski definition) is 1. The van der Waals surface area contributed by atoms with E-state index < -0.39 is 15.9 Å². The molecule has 1 N–H and O–H groups in total. The number of nitrogens with zero attached hydrogens (tertiary/aromatic N) is 1. The molecule has 2 aromatic rings. The van der Waals surface area contributed by atoms with Gasteiger partial charge in [-0.1, -0.05) is 43.7 Å². The molecule has 0 amide bonds. The van der Waals surface area contributed by atoms with Crippen molar-refractivity contribution in [2.45, 2.75) is 32.1 Å². The van der Waals surface area contributed by atoms with E-state index in [2.05, 4.69) is 22.7 Å². The fourth-order valence-corrected chi connectivity index (χ4v) is 2.18. The summed E-state index contributed by atoms with van der Waals surface area (Å²) in [5, 5.41) is 0. The molecule has 1 heterocycles. The Hall–Kier alpha value is -1.66. The Bertz CT molecular complexity index is 566. The molecule has 1 aromatic heterocycles. The van der Waals surface area contributed by atoms with Crippen LogP contribution in [0.15, 0.2) is 49.1 Å². The van der Waals surface area contributed by atoms with Crippen molar-refractivity contribution in [1.29, 1.82) is 0 Å². The van der Waals surface area contributed by atoms with Crippen molar-refractivity contribution >= 4 is 10.1 Å². The Morgan fingerprint density at radius 1 is 1.25 bits per heavy atom. The minimum absolute atomic E-state index is 0.423. The number of aromatic nitrogens is 2. The topological polar surface area (TPSA) is 76.9 Å². The molecule has 2 rings (SSSR count). The molecule has 0 atom stereocenters. The Morgan fingerprint density at radius 3 is 2.45 bits per heavy atom. The summed E-state index contributed by atoms with van der Waals surface area (Å²) in [7, 11) is -4.13. The van der Waals surface area contributed by atoms with E-state index in [4.69, 9.17) is 0 Å². The second-order valence-corrected chi connectivity index (χ2v) is 5.79. The maximum atomic E-state index is 10.2. The molecule has 0 aliphatic carbocycles. The van der Waals surface area contributed by atoms with E-state index in [0.29, 0.717) is 5.56 Å². The maximum absolute atomic E-state index is 10.2. The Kier molecular flexibility index (Phi) is 6.97. The van der Waals surface area contributed by atoms with Crippen molar-refractivity contribution in [3.63, 3.8) is 0 Å². The van der Waals surface area contributed by atoms with Crippen molar-refractivity contribution < 1.29 is 17.5 Å². The van der Waals surface area contributed by atoms with Crippen LogP contribution < -0.4 is 4.57 Å². The van der Waals surface area contributed by atoms with Gasteiger partial charge in [0.2, 0.25) is 6.33 Å². The molecule has 6 heteroatoms. The molecule has 5 nitrogen and oxygen atoms in total. The van der Waals surface area contributed by atoms with Crippen LogP contribution in [0.3, 0.4) is 0 Å². The van der Waals surface area contributed by atoms with Crippen molar-refractivity contribution in [3.8, 4) is 0 Å². The second-order valence-electron chi connectivity index (χ2n) is 4.39. The highest BCUT2D eigenvalue weighted by molar-refractivity contribution is 7.84. The molecule has 0 bridgehead atoms. The molecule has 110 valence electrons. The Balaban J connectivity index is 0.000000204. The van der Waals surface area contributed by atoms with Gasteiger partial charge in [0.25, 0.3) is 0 Å². The fourth-order valence-electron chi connectivity index (χ4n) is 1.58. The second kappa shape index (κ2) is 8.50. The largest absolute Gasteiger partial charge is 0.748 e. The van der Waals surface area contributed by atoms with Crippen LogP contribution in [-0.2, 0) is 22.4 Å². The van der Waals surface area contributed by atoms with E-state index in [1.165, 1.54) is 12.8 Å². The number of rotatable bonds is 5. The third-order valence-electron chi connectivity index (χ3n) is 2.56. The monoisotopic (exact) mass is 296 g/mol. The van der Waals surface area contributed by atoms with E-state index in [1.54, 1.807) is 30.3 Å². The first-order chi connectivity index (χ1) is 9.51. The molecule has 0 saturated heterocycles. The highest BCUT2D eigenvalue weighted by Crippen LogP contribution is 2.02. The maximum Gasteiger partial charge on any atom is 0.241 e. The van der Waals surface area contributed by atoms with Crippen LogP contribution in [0, 0.1) is 0 Å². The van der Waals surface area contributed by atoms with E-state index in [1.807, 2.05) is 12.5 Å². The first kappa shape index (κ1) is 16.4. The highest BCUT2D eigenvalue weighted by Gasteiger charge is 1.96. The molecule has 0 spiro atoms. The van der Waals surface area contributed by atoms with Crippen LogP contribution in [0.1, 0.15) is 25.3 Å². The lowest BCUT2D eigenvalue weighted by Gasteiger charge is -2.05. The summed E-state index contributed by atoms with van der Waals surface area (Å²) < 4.78 is 32.9. The number of hydrogen-bond acceptors (Lipinski definition) is 3. The number of imidazole rings is 1. The van der Waals surface area contributed by atoms with E-state index in [9.17, 15) is 13.0 Å². The van der Waals surface area contributed by atoms with Crippen LogP contribution in [0.2, 0.25) is 0 Å². The lowest BCUT2D eigenvalue weighted by molar-refractivity contribution is -0.696. The van der Waals surface area contributed by atoms with Crippen molar-refractivity contribution in [2.75, 3.05) is 0 Å². The summed E-state index contributed by atoms with van der Waals surface area (Å²) in [6.45, 7) is 3.34. The molecule has 0 aliphatic rings. The summed E-state index contributed by atoms with van der Waals surface area (Å²) in [6, 6.07) is 8.37. The first-order valence-electron chi connectivity index (χ1n) is 6.50. The van der Waals surface area contributed by atoms with Crippen LogP contribution in [0.5, 0.6) is 0 Å². The summed E-state index contributed by atoms with van der Waals surface area (Å²) in [6.07, 6.45) is 8.50. The molecular weight excluding hydrogens is 276 g/mol. The predicted octanol–water partition coefficient (Wildman–Crippen LogP) is 1.83. The molecule has 20 heavy (non-hydrogen) atoms. The Labute approximate surface area is 120 Å². The van der Waals surface area contributed by atoms with Gasteiger partial charge in [-0.2, -0.15) is 0 Å². The average Bonchev–Trinajstić information content (AvgIpc) is 2.89. The standard InChI is InChI=1S/C7H12N2.C7H8O3S/c1-2-3-5-9-6-4-8-7-9;8-11(9,10)6-7-4-2-1-3-5-7/h4,6-7H,2-3,5H2,1H3;1-5H,6H2,(H,8,9,10). The number of aromatic amines is 1. The average molecular weight is 296 g/mol. The lowest BCUT2D eigenvalue weighted by atomic mass is 10.2. The minimum Gasteiger partial charge on any atom is -0.748 e. The van der Waals surface area contributed by atoms with Gasteiger partial charge in [0.1, 0.15) is 12.4 Å². The van der Waals surface area contributed by atoms with Gasteiger partial charge in [-0.05, 0) is 12.0 Å². The normalized spacial score (nSPS) is 10.7. The molecule has 0 radical (unpaired) electrons. The summed E-state index contributed by atoms with van der Waals surface area (Å²) in [4.78, 5) is 3.00. The summed E-state index contributed by atoms with van der Waals surface area (Å²) >= 11 is 0. The van der Waals surface area contributed by atoms with Crippen LogP contribution in [-0.4, -0.2) is 18.0 Å². The fraction of sp³-hybridized carbons (Fsp3) is 0.357. The quantitative estimate of drug-likeness (QED) is 0.675. The highest BCUT2D eigenvalue weighted by atomic mass is 32.2. The molecule has 0 unspecified atom stereocenters. The number of H-pyrrole nitrogens is 1. The zero-order valence-electron chi connectivity index (χ0n) is 11.5. The zero-order valence-corrected chi connectivity index (χ0v) is 12.3. The van der Waals surface area contributed by atoms with Gasteiger partial charge in [-0.25, -0.2) is 13.0 Å². The summed E-state index contributed by atoms with van der Waals surface area (Å²) in [5.41, 5.74) is 0.530. The third-order valence-corrected chi connectivity index (χ3v) is 3.25. The lowest BCUT2D eigenvalue weighted by Crippen LogP contribution is -2.29. The van der Waals surface area contributed by atoms with Gasteiger partial charge in [0, 0.05) is 0 Å². The van der Waals surface area contributed by atoms with Gasteiger partial charge >= 0.3 is 0 Å². The van der Waals surface area contributed by atoms with E-state index in [0.717, 1.165) is 6.54 Å². The molecular formula is C14H20N2O3S. The van der Waals surface area contributed by atoms with Gasteiger partial charge in [0.15, 0.2) is 0 Å². The van der Waals surface area contributed by atoms with Gasteiger partial charge in [-0.15, -0.1) is 0 Å². The van der Waals surface area contributed by atoms with E-state index >= 15 is 0 Å². The van der Waals surface area contributed by atoms with Crippen molar-refractivity contribution in [2.24, 2.45) is 0 Å². The first-order valence-corrected chi connectivity index (χ1v) is 8.08. The minimum atomic E-state index is -4.13. The Morgan fingerprint density at radius 2 is 1.95 bits per heavy atom. The SMILES string of the molecule is CCCC[n+]1cc[nH]c1.O=S(=O)([O-])Cc1ccccc1. The predicted molar refractivity (Wildman–Crippen MR) is 75.7 cm³/mol. The van der Waals surface area contributed by atoms with Crippen LogP contribution >= 0.6 is 0 Å². The van der Waals surface area contributed by atoms with E-state index in [-0.39, 0.29) is 0 Å². The van der Waals surface area contributed by atoms with Gasteiger partial charge < -0.3 is 4.55 Å². The van der Waals surface area contributed by atoms with Gasteiger partial charge in [-0.3, -0.25) is 4.98 Å². The smallest absolute Gasteiger partial charge is 0.241 e. The number of aryl methyl sites for hydroxylation is 1. The summed E-state index contributed by atoms with van der Waals surface area (Å²) in [5.74, 6) is -0.423. The number of nitrogens with one attached hydrogen (secondary N) is 1. The number of benzene rings is 1. The van der Waals surface area contributed by atoms with Crippen molar-refractivity contribution in [1.82, 2.24) is 4.98 Å². The number of unbranched alkanes of at least 4 members (excludes halogenated alkanes) is 1. The zero-order chi connectivity index (χ0) is 14.8. The third kappa shape index (κ3) is 7.70. The molecule has 0 aliphatic heterocycles. The van der Waals surface area contributed by atoms with Crippen LogP contribution in [0.25, 0.3) is 0 Å². The van der Waals surface area contributed by atoms with Crippen LogP contribution in [0.4, 0.5) is 0 Å². The molecule has 0 saturated carbocycles.